The van der Waals surface area contributed by atoms with Crippen molar-refractivity contribution < 1.29 is 5.11 Å². The maximum atomic E-state index is 9.07. The lowest BCUT2D eigenvalue weighted by Gasteiger charge is -2.23. The van der Waals surface area contributed by atoms with Crippen molar-refractivity contribution >= 4 is 11.6 Å². The Bertz CT molecular complexity index is 436. The van der Waals surface area contributed by atoms with Gasteiger partial charge in [0.1, 0.15) is 0 Å². The number of aliphatic hydroxyl groups excluding tert-OH is 1. The van der Waals surface area contributed by atoms with E-state index < -0.39 is 0 Å². The number of hydrogen-bond donors (Lipinski definition) is 3. The Balaban J connectivity index is 2.37. The van der Waals surface area contributed by atoms with E-state index in [2.05, 4.69) is 58.6 Å². The minimum atomic E-state index is 0.172. The van der Waals surface area contributed by atoms with Crippen LogP contribution >= 0.6 is 0 Å². The Labute approximate surface area is 140 Å². The third-order valence-corrected chi connectivity index (χ3v) is 3.62. The van der Waals surface area contributed by atoms with Gasteiger partial charge < -0.3 is 20.6 Å². The summed E-state index contributed by atoms with van der Waals surface area (Å²) in [6.07, 6.45) is 1.04. The highest BCUT2D eigenvalue weighted by molar-refractivity contribution is 5.79. The molecule has 23 heavy (non-hydrogen) atoms. The zero-order chi connectivity index (χ0) is 16.9. The average molecular weight is 320 g/mol. The maximum Gasteiger partial charge on any atom is 0.191 e. The van der Waals surface area contributed by atoms with Gasteiger partial charge in [-0.3, -0.25) is 4.99 Å². The molecule has 5 heteroatoms. The number of anilines is 1. The van der Waals surface area contributed by atoms with Gasteiger partial charge >= 0.3 is 0 Å². The predicted molar refractivity (Wildman–Crippen MR) is 99.2 cm³/mol. The smallest absolute Gasteiger partial charge is 0.191 e. The lowest BCUT2D eigenvalue weighted by molar-refractivity contribution is 0.241. The minimum absolute atomic E-state index is 0.172. The van der Waals surface area contributed by atoms with Crippen molar-refractivity contribution in [2.45, 2.75) is 27.2 Å². The zero-order valence-corrected chi connectivity index (χ0v) is 14.8. The fourth-order valence-electron chi connectivity index (χ4n) is 2.23. The first-order chi connectivity index (χ1) is 11.2. The molecule has 0 spiro atoms. The van der Waals surface area contributed by atoms with Crippen molar-refractivity contribution in [2.24, 2.45) is 10.9 Å². The van der Waals surface area contributed by atoms with Crippen LogP contribution in [0.5, 0.6) is 0 Å². The molecule has 0 aliphatic heterocycles. The highest BCUT2D eigenvalue weighted by Crippen LogP contribution is 2.12. The minimum Gasteiger partial charge on any atom is -0.396 e. The van der Waals surface area contributed by atoms with E-state index >= 15 is 0 Å². The second-order valence-electron chi connectivity index (χ2n) is 5.70. The molecule has 5 nitrogen and oxygen atoms in total. The number of benzene rings is 1. The third kappa shape index (κ3) is 7.88. The van der Waals surface area contributed by atoms with Crippen molar-refractivity contribution in [1.82, 2.24) is 10.6 Å². The molecule has 1 atom stereocenters. The number of hydrogen-bond acceptors (Lipinski definition) is 3. The molecule has 0 heterocycles. The van der Waals surface area contributed by atoms with Crippen molar-refractivity contribution in [3.63, 3.8) is 0 Å². The topological polar surface area (TPSA) is 59.9 Å². The third-order valence-electron chi connectivity index (χ3n) is 3.62. The molecule has 0 bridgehead atoms. The van der Waals surface area contributed by atoms with Gasteiger partial charge in [-0.15, -0.1) is 0 Å². The van der Waals surface area contributed by atoms with Gasteiger partial charge in [-0.2, -0.15) is 0 Å². The summed E-state index contributed by atoms with van der Waals surface area (Å²) < 4.78 is 0. The number of rotatable bonds is 10. The standard InChI is InChI=1S/C18H32N4O/c1-4-19-18(21-14-16(3)15-23)20-12-9-13-22(5-2)17-10-7-6-8-11-17/h6-8,10-11,16,23H,4-5,9,12-15H2,1-3H3,(H2,19,20,21). The number of para-hydroxylation sites is 1. The van der Waals surface area contributed by atoms with Gasteiger partial charge in [0, 0.05) is 45.0 Å². The summed E-state index contributed by atoms with van der Waals surface area (Å²) in [5.41, 5.74) is 1.27. The highest BCUT2D eigenvalue weighted by atomic mass is 16.3. The Morgan fingerprint density at radius 2 is 1.96 bits per heavy atom. The molecular weight excluding hydrogens is 288 g/mol. The largest absolute Gasteiger partial charge is 0.396 e. The molecule has 0 aliphatic carbocycles. The molecule has 0 saturated heterocycles. The van der Waals surface area contributed by atoms with Crippen LogP contribution in [0.3, 0.4) is 0 Å². The van der Waals surface area contributed by atoms with Crippen LogP contribution in [0.15, 0.2) is 35.3 Å². The Morgan fingerprint density at radius 1 is 1.22 bits per heavy atom. The van der Waals surface area contributed by atoms with Gasteiger partial charge in [0.15, 0.2) is 5.96 Å². The number of nitrogens with one attached hydrogen (secondary N) is 2. The first-order valence-corrected chi connectivity index (χ1v) is 8.64. The van der Waals surface area contributed by atoms with Gasteiger partial charge in [-0.05, 0) is 38.3 Å². The summed E-state index contributed by atoms with van der Waals surface area (Å²) in [5, 5.41) is 15.7. The Hall–Kier alpha value is -1.75. The van der Waals surface area contributed by atoms with E-state index in [1.165, 1.54) is 5.69 Å². The lowest BCUT2D eigenvalue weighted by Crippen LogP contribution is -2.39. The van der Waals surface area contributed by atoms with Gasteiger partial charge in [0.2, 0.25) is 0 Å². The molecule has 1 unspecified atom stereocenters. The van der Waals surface area contributed by atoms with E-state index in [0.717, 1.165) is 38.6 Å². The summed E-state index contributed by atoms with van der Waals surface area (Å²) >= 11 is 0. The molecule has 1 rings (SSSR count). The van der Waals surface area contributed by atoms with Gasteiger partial charge in [0.05, 0.1) is 0 Å². The lowest BCUT2D eigenvalue weighted by atomic mass is 10.2. The van der Waals surface area contributed by atoms with Crippen LogP contribution in [-0.2, 0) is 0 Å². The van der Waals surface area contributed by atoms with Crippen LogP contribution in [0, 0.1) is 5.92 Å². The number of aliphatic imine (C=N–C) groups is 1. The highest BCUT2D eigenvalue weighted by Gasteiger charge is 2.04. The Kier molecular flexibility index (Phi) is 9.87. The molecular formula is C18H32N4O. The summed E-state index contributed by atoms with van der Waals surface area (Å²) in [4.78, 5) is 6.87. The summed E-state index contributed by atoms with van der Waals surface area (Å²) in [5.74, 6) is 1.02. The van der Waals surface area contributed by atoms with Gasteiger partial charge in [0.25, 0.3) is 0 Å². The molecule has 0 radical (unpaired) electrons. The average Bonchev–Trinajstić information content (AvgIpc) is 2.60. The Morgan fingerprint density at radius 3 is 2.57 bits per heavy atom. The molecule has 1 aromatic carbocycles. The SMILES string of the molecule is CCNC(=NCC(C)CO)NCCCN(CC)c1ccccc1. The van der Waals surface area contributed by atoms with Crippen molar-refractivity contribution in [3.05, 3.63) is 30.3 Å². The van der Waals surface area contributed by atoms with Crippen LogP contribution in [0.25, 0.3) is 0 Å². The fourth-order valence-corrected chi connectivity index (χ4v) is 2.23. The number of guanidine groups is 1. The zero-order valence-electron chi connectivity index (χ0n) is 14.8. The number of nitrogens with zero attached hydrogens (tertiary/aromatic N) is 2. The molecule has 3 N–H and O–H groups in total. The van der Waals surface area contributed by atoms with E-state index in [-0.39, 0.29) is 12.5 Å². The molecule has 0 amide bonds. The maximum absolute atomic E-state index is 9.07. The fraction of sp³-hybridized carbons (Fsp3) is 0.611. The quantitative estimate of drug-likeness (QED) is 0.351. The van der Waals surface area contributed by atoms with Crippen LogP contribution in [0.2, 0.25) is 0 Å². The van der Waals surface area contributed by atoms with Gasteiger partial charge in [-0.1, -0.05) is 25.1 Å². The van der Waals surface area contributed by atoms with E-state index in [4.69, 9.17) is 5.11 Å². The van der Waals surface area contributed by atoms with E-state index in [1.54, 1.807) is 0 Å². The van der Waals surface area contributed by atoms with Crippen molar-refractivity contribution in [3.8, 4) is 0 Å². The van der Waals surface area contributed by atoms with E-state index in [1.807, 2.05) is 13.0 Å². The molecule has 130 valence electrons. The van der Waals surface area contributed by atoms with E-state index in [0.29, 0.717) is 6.54 Å². The summed E-state index contributed by atoms with van der Waals surface area (Å²) in [6, 6.07) is 10.5. The molecule has 0 saturated carbocycles. The van der Waals surface area contributed by atoms with Gasteiger partial charge in [-0.25, -0.2) is 0 Å². The van der Waals surface area contributed by atoms with Crippen LogP contribution in [0.4, 0.5) is 5.69 Å². The normalized spacial score (nSPS) is 12.8. The second-order valence-corrected chi connectivity index (χ2v) is 5.70. The molecule has 0 fully saturated rings. The monoisotopic (exact) mass is 320 g/mol. The first-order valence-electron chi connectivity index (χ1n) is 8.64. The molecule has 1 aromatic rings. The molecule has 0 aliphatic rings. The van der Waals surface area contributed by atoms with E-state index in [9.17, 15) is 0 Å². The molecule has 0 aromatic heterocycles. The summed E-state index contributed by atoms with van der Waals surface area (Å²) in [6.45, 7) is 10.8. The van der Waals surface area contributed by atoms with Crippen LogP contribution in [0.1, 0.15) is 27.2 Å². The van der Waals surface area contributed by atoms with Crippen LogP contribution < -0.4 is 15.5 Å². The predicted octanol–water partition coefficient (Wildman–Crippen LogP) is 2.09. The van der Waals surface area contributed by atoms with Crippen molar-refractivity contribution in [2.75, 3.05) is 44.2 Å². The number of aliphatic hydroxyl groups is 1. The van der Waals surface area contributed by atoms with Crippen LogP contribution in [-0.4, -0.2) is 50.4 Å². The summed E-state index contributed by atoms with van der Waals surface area (Å²) in [7, 11) is 0. The first kappa shape index (κ1) is 19.3. The second kappa shape index (κ2) is 11.8. The van der Waals surface area contributed by atoms with Crippen molar-refractivity contribution in [1.29, 1.82) is 0 Å².